The minimum absolute atomic E-state index is 0.0639. The molecule has 1 amide bonds. The van der Waals surface area contributed by atoms with E-state index in [1.807, 2.05) is 0 Å². The van der Waals surface area contributed by atoms with Crippen molar-refractivity contribution in [3.63, 3.8) is 0 Å². The fourth-order valence-corrected chi connectivity index (χ4v) is 4.54. The number of para-hydroxylation sites is 2. The monoisotopic (exact) mass is 462 g/mol. The number of amides is 1. The van der Waals surface area contributed by atoms with Gasteiger partial charge in [-0.05, 0) is 43.2 Å². The smallest absolute Gasteiger partial charge is 0.306 e. The lowest BCUT2D eigenvalue weighted by molar-refractivity contribution is -0.153. The van der Waals surface area contributed by atoms with E-state index >= 15 is 0 Å². The molecule has 0 saturated carbocycles. The molecule has 2 aromatic rings. The van der Waals surface area contributed by atoms with Crippen LogP contribution in [0.1, 0.15) is 32.8 Å². The molecule has 0 fully saturated rings. The lowest BCUT2D eigenvalue weighted by atomic mass is 10.1. The number of nitrogens with zero attached hydrogens (tertiary/aromatic N) is 1. The molecule has 0 spiro atoms. The second-order valence-corrected chi connectivity index (χ2v) is 8.99. The number of rotatable bonds is 11. The molecule has 32 heavy (non-hydrogen) atoms. The van der Waals surface area contributed by atoms with Gasteiger partial charge in [0.15, 0.2) is 6.10 Å². The molecule has 2 aromatic carbocycles. The second kappa shape index (κ2) is 11.6. The van der Waals surface area contributed by atoms with Crippen molar-refractivity contribution in [3.8, 4) is 5.75 Å². The first kappa shape index (κ1) is 25.4. The van der Waals surface area contributed by atoms with Crippen LogP contribution in [0.5, 0.6) is 5.75 Å². The summed E-state index contributed by atoms with van der Waals surface area (Å²) in [5, 5.41) is 2.68. The largest absolute Gasteiger partial charge is 0.495 e. The summed E-state index contributed by atoms with van der Waals surface area (Å²) in [5.74, 6) is -0.479. The van der Waals surface area contributed by atoms with Gasteiger partial charge in [-0.25, -0.2) is 8.42 Å². The van der Waals surface area contributed by atoms with Gasteiger partial charge in [-0.1, -0.05) is 38.1 Å². The van der Waals surface area contributed by atoms with Crippen LogP contribution < -0.4 is 10.1 Å². The van der Waals surface area contributed by atoms with E-state index in [2.05, 4.69) is 5.32 Å². The number of benzene rings is 2. The van der Waals surface area contributed by atoms with E-state index in [4.69, 9.17) is 9.47 Å². The Hall–Kier alpha value is -2.91. The van der Waals surface area contributed by atoms with Crippen LogP contribution in [0.2, 0.25) is 0 Å². The zero-order valence-corrected chi connectivity index (χ0v) is 19.6. The summed E-state index contributed by atoms with van der Waals surface area (Å²) in [5.41, 5.74) is 1.29. The zero-order valence-electron chi connectivity index (χ0n) is 18.8. The zero-order chi connectivity index (χ0) is 23.7. The molecule has 0 bridgehead atoms. The van der Waals surface area contributed by atoms with Crippen LogP contribution >= 0.6 is 0 Å². The Morgan fingerprint density at radius 3 is 2.25 bits per heavy atom. The van der Waals surface area contributed by atoms with Crippen molar-refractivity contribution in [1.29, 1.82) is 0 Å². The number of carbonyl (C=O) groups is 2. The van der Waals surface area contributed by atoms with Crippen molar-refractivity contribution in [1.82, 2.24) is 4.31 Å². The summed E-state index contributed by atoms with van der Waals surface area (Å²) in [4.78, 5) is 24.7. The molecular weight excluding hydrogens is 432 g/mol. The van der Waals surface area contributed by atoms with E-state index in [-0.39, 0.29) is 11.3 Å². The van der Waals surface area contributed by atoms with E-state index in [1.165, 1.54) is 30.5 Å². The third-order valence-electron chi connectivity index (χ3n) is 4.93. The van der Waals surface area contributed by atoms with Gasteiger partial charge in [0.25, 0.3) is 5.91 Å². The maximum Gasteiger partial charge on any atom is 0.306 e. The number of esters is 1. The predicted octanol–water partition coefficient (Wildman–Crippen LogP) is 3.23. The average Bonchev–Trinajstić information content (AvgIpc) is 2.79. The van der Waals surface area contributed by atoms with Crippen LogP contribution in [-0.4, -0.2) is 50.9 Å². The predicted molar refractivity (Wildman–Crippen MR) is 122 cm³/mol. The number of carbonyl (C=O) groups excluding carboxylic acids is 2. The van der Waals surface area contributed by atoms with Crippen LogP contribution in [0.25, 0.3) is 0 Å². The highest BCUT2D eigenvalue weighted by atomic mass is 32.2. The number of hydrogen-bond donors (Lipinski definition) is 1. The molecule has 9 heteroatoms. The molecule has 0 aliphatic heterocycles. The molecule has 0 saturated heterocycles. The van der Waals surface area contributed by atoms with Gasteiger partial charge in [0.1, 0.15) is 5.75 Å². The Balaban J connectivity index is 1.89. The molecule has 2 rings (SSSR count). The van der Waals surface area contributed by atoms with Crippen LogP contribution in [0.4, 0.5) is 5.69 Å². The maximum atomic E-state index is 12.5. The number of methoxy groups -OCH3 is 1. The van der Waals surface area contributed by atoms with Gasteiger partial charge >= 0.3 is 5.97 Å². The van der Waals surface area contributed by atoms with Crippen molar-refractivity contribution in [3.05, 3.63) is 54.1 Å². The van der Waals surface area contributed by atoms with Gasteiger partial charge < -0.3 is 14.8 Å². The molecule has 0 aliphatic carbocycles. The van der Waals surface area contributed by atoms with E-state index in [0.29, 0.717) is 30.9 Å². The summed E-state index contributed by atoms with van der Waals surface area (Å²) >= 11 is 0. The standard InChI is InChI=1S/C23H30N2O6S/c1-5-25(6-2)32(28,29)19-14-11-18(12-15-19)13-16-22(26)31-17(3)23(27)24-20-9-7-8-10-21(20)30-4/h7-12,14-15,17H,5-6,13,16H2,1-4H3,(H,24,27). The normalized spacial score (nSPS) is 12.3. The van der Waals surface area contributed by atoms with E-state index in [1.54, 1.807) is 50.2 Å². The minimum Gasteiger partial charge on any atom is -0.495 e. The summed E-state index contributed by atoms with van der Waals surface area (Å²) < 4.78 is 36.9. The highest BCUT2D eigenvalue weighted by Crippen LogP contribution is 2.23. The fraction of sp³-hybridized carbons (Fsp3) is 0.391. The van der Waals surface area contributed by atoms with Gasteiger partial charge in [-0.2, -0.15) is 4.31 Å². The molecule has 1 atom stereocenters. The SMILES string of the molecule is CCN(CC)S(=O)(=O)c1ccc(CCC(=O)OC(C)C(=O)Nc2ccccc2OC)cc1. The molecule has 174 valence electrons. The first-order valence-corrected chi connectivity index (χ1v) is 11.9. The molecule has 0 aromatic heterocycles. The number of ether oxygens (including phenoxy) is 2. The molecule has 1 N–H and O–H groups in total. The van der Waals surface area contributed by atoms with E-state index in [0.717, 1.165) is 5.56 Å². The Bertz CT molecular complexity index is 1020. The van der Waals surface area contributed by atoms with Crippen LogP contribution in [0.15, 0.2) is 53.4 Å². The number of nitrogens with one attached hydrogen (secondary N) is 1. The second-order valence-electron chi connectivity index (χ2n) is 7.05. The highest BCUT2D eigenvalue weighted by molar-refractivity contribution is 7.89. The lowest BCUT2D eigenvalue weighted by Crippen LogP contribution is -2.30. The molecular formula is C23H30N2O6S. The van der Waals surface area contributed by atoms with Gasteiger partial charge in [-0.3, -0.25) is 9.59 Å². The maximum absolute atomic E-state index is 12.5. The average molecular weight is 463 g/mol. The molecule has 0 heterocycles. The lowest BCUT2D eigenvalue weighted by Gasteiger charge is -2.18. The first-order valence-electron chi connectivity index (χ1n) is 10.4. The Labute approximate surface area is 189 Å². The first-order chi connectivity index (χ1) is 15.2. The topological polar surface area (TPSA) is 102 Å². The Morgan fingerprint density at radius 1 is 1.03 bits per heavy atom. The molecule has 8 nitrogen and oxygen atoms in total. The fourth-order valence-electron chi connectivity index (χ4n) is 3.08. The molecule has 0 radical (unpaired) electrons. The van der Waals surface area contributed by atoms with Crippen molar-refractivity contribution in [2.45, 2.75) is 44.6 Å². The Kier molecular flexibility index (Phi) is 9.22. The van der Waals surface area contributed by atoms with E-state index in [9.17, 15) is 18.0 Å². The number of sulfonamides is 1. The molecule has 0 aliphatic rings. The Morgan fingerprint density at radius 2 is 1.66 bits per heavy atom. The third-order valence-corrected chi connectivity index (χ3v) is 6.99. The minimum atomic E-state index is -3.52. The van der Waals surface area contributed by atoms with Crippen molar-refractivity contribution in [2.75, 3.05) is 25.5 Å². The summed E-state index contributed by atoms with van der Waals surface area (Å²) in [6, 6.07) is 13.4. The van der Waals surface area contributed by atoms with Crippen LogP contribution in [-0.2, 0) is 30.8 Å². The summed E-state index contributed by atoms with van der Waals surface area (Å²) in [6.45, 7) is 5.87. The van der Waals surface area contributed by atoms with Gasteiger partial charge in [0, 0.05) is 19.5 Å². The van der Waals surface area contributed by atoms with Crippen molar-refractivity contribution in [2.24, 2.45) is 0 Å². The number of hydrogen-bond acceptors (Lipinski definition) is 6. The van der Waals surface area contributed by atoms with Crippen LogP contribution in [0, 0.1) is 0 Å². The molecule has 1 unspecified atom stereocenters. The highest BCUT2D eigenvalue weighted by Gasteiger charge is 2.22. The van der Waals surface area contributed by atoms with Gasteiger partial charge in [-0.15, -0.1) is 0 Å². The number of anilines is 1. The van der Waals surface area contributed by atoms with Crippen molar-refractivity contribution < 1.29 is 27.5 Å². The summed E-state index contributed by atoms with van der Waals surface area (Å²) in [7, 11) is -2.02. The third kappa shape index (κ3) is 6.54. The quantitative estimate of drug-likeness (QED) is 0.515. The summed E-state index contributed by atoms with van der Waals surface area (Å²) in [6.07, 6.45) is -0.548. The van der Waals surface area contributed by atoms with Gasteiger partial charge in [0.05, 0.1) is 17.7 Å². The van der Waals surface area contributed by atoms with Crippen LogP contribution in [0.3, 0.4) is 0 Å². The van der Waals surface area contributed by atoms with E-state index < -0.39 is 28.0 Å². The van der Waals surface area contributed by atoms with Gasteiger partial charge in [0.2, 0.25) is 10.0 Å². The number of aryl methyl sites for hydroxylation is 1. The van der Waals surface area contributed by atoms with Crippen molar-refractivity contribution >= 4 is 27.6 Å².